The van der Waals surface area contributed by atoms with Crippen LogP contribution in [0.5, 0.6) is 0 Å². The van der Waals surface area contributed by atoms with E-state index in [1.807, 2.05) is 18.7 Å². The Kier molecular flexibility index (Phi) is 4.52. The molecule has 1 aromatic heterocycles. The van der Waals surface area contributed by atoms with Crippen molar-refractivity contribution in [2.45, 2.75) is 25.9 Å². The summed E-state index contributed by atoms with van der Waals surface area (Å²) >= 11 is 0. The van der Waals surface area contributed by atoms with Gasteiger partial charge in [0.2, 0.25) is 0 Å². The highest BCUT2D eigenvalue weighted by atomic mass is 16.5. The van der Waals surface area contributed by atoms with E-state index in [1.54, 1.807) is 0 Å². The summed E-state index contributed by atoms with van der Waals surface area (Å²) in [6.07, 6.45) is 0. The summed E-state index contributed by atoms with van der Waals surface area (Å²) in [5.41, 5.74) is 4.48. The van der Waals surface area contributed by atoms with Gasteiger partial charge in [0, 0.05) is 26.2 Å². The maximum Gasteiger partial charge on any atom is 0.332 e. The van der Waals surface area contributed by atoms with E-state index in [1.165, 1.54) is 14.1 Å². The van der Waals surface area contributed by atoms with Crippen LogP contribution in [0.15, 0.2) is 9.59 Å². The zero-order chi connectivity index (χ0) is 16.6. The quantitative estimate of drug-likeness (QED) is 0.716. The summed E-state index contributed by atoms with van der Waals surface area (Å²) in [6, 6.07) is 0.149. The summed E-state index contributed by atoms with van der Waals surface area (Å²) in [6.45, 7) is 5.08. The van der Waals surface area contributed by atoms with Gasteiger partial charge in [0.1, 0.15) is 11.4 Å². The molecular formula is C14H22N4O4. The molecule has 0 unspecified atom stereocenters. The van der Waals surface area contributed by atoms with E-state index in [0.717, 1.165) is 9.13 Å². The molecule has 0 saturated carbocycles. The van der Waals surface area contributed by atoms with Crippen molar-refractivity contribution in [3.63, 3.8) is 0 Å². The van der Waals surface area contributed by atoms with Crippen molar-refractivity contribution in [1.82, 2.24) is 14.0 Å². The van der Waals surface area contributed by atoms with Gasteiger partial charge in [-0.05, 0) is 13.8 Å². The third kappa shape index (κ3) is 2.71. The molecule has 1 aliphatic rings. The van der Waals surface area contributed by atoms with E-state index in [9.17, 15) is 14.4 Å². The molecule has 0 aliphatic carbocycles. The molecule has 1 fully saturated rings. The number of aromatic nitrogens is 2. The Hall–Kier alpha value is -1.93. The fourth-order valence-electron chi connectivity index (χ4n) is 2.71. The predicted octanol–water partition coefficient (Wildman–Crippen LogP) is -1.04. The first kappa shape index (κ1) is 16.4. The molecule has 0 aromatic carbocycles. The van der Waals surface area contributed by atoms with Gasteiger partial charge in [-0.3, -0.25) is 23.6 Å². The van der Waals surface area contributed by atoms with Crippen LogP contribution in [0, 0.1) is 0 Å². The molecule has 0 amide bonds. The molecule has 22 heavy (non-hydrogen) atoms. The second-order valence-corrected chi connectivity index (χ2v) is 5.80. The van der Waals surface area contributed by atoms with Crippen LogP contribution in [-0.2, 0) is 18.8 Å². The molecular weight excluding hydrogens is 288 g/mol. The van der Waals surface area contributed by atoms with Crippen molar-refractivity contribution in [3.05, 3.63) is 26.4 Å². The van der Waals surface area contributed by atoms with E-state index in [0.29, 0.717) is 13.2 Å². The highest BCUT2D eigenvalue weighted by Crippen LogP contribution is 2.14. The molecule has 8 heteroatoms. The molecule has 8 nitrogen and oxygen atoms in total. The Morgan fingerprint density at radius 3 is 2.27 bits per heavy atom. The second kappa shape index (κ2) is 6.05. The number of rotatable bonds is 3. The Morgan fingerprint density at radius 1 is 1.18 bits per heavy atom. The number of anilines is 1. The Balaban J connectivity index is 2.39. The van der Waals surface area contributed by atoms with Gasteiger partial charge in [0.15, 0.2) is 5.78 Å². The lowest BCUT2D eigenvalue weighted by atomic mass is 10.1. The van der Waals surface area contributed by atoms with Crippen LogP contribution in [-0.4, -0.2) is 51.7 Å². The summed E-state index contributed by atoms with van der Waals surface area (Å²) in [5.74, 6) is -0.471. The third-order valence-electron chi connectivity index (χ3n) is 4.17. The van der Waals surface area contributed by atoms with Crippen LogP contribution in [0.2, 0.25) is 0 Å². The van der Waals surface area contributed by atoms with Gasteiger partial charge in [-0.2, -0.15) is 0 Å². The van der Waals surface area contributed by atoms with E-state index in [2.05, 4.69) is 0 Å². The molecule has 1 aliphatic heterocycles. The molecule has 1 aromatic rings. The Labute approximate surface area is 128 Å². The standard InChI is InChI=1S/C14H22N4O4/c1-8-6-22-7-9(2)18(8)5-10(19)11-12(15)16(3)14(21)17(4)13(11)20/h8-9H,5-7,15H2,1-4H3/t8-,9-/m0/s1. The molecule has 2 atom stereocenters. The largest absolute Gasteiger partial charge is 0.384 e. The zero-order valence-corrected chi connectivity index (χ0v) is 13.3. The van der Waals surface area contributed by atoms with Crippen LogP contribution in [0.3, 0.4) is 0 Å². The van der Waals surface area contributed by atoms with Crippen molar-refractivity contribution in [2.24, 2.45) is 14.1 Å². The average Bonchev–Trinajstić information content (AvgIpc) is 2.47. The minimum absolute atomic E-state index is 0.0728. The first-order chi connectivity index (χ1) is 10.3. The van der Waals surface area contributed by atoms with Gasteiger partial charge in [-0.1, -0.05) is 0 Å². The summed E-state index contributed by atoms with van der Waals surface area (Å²) in [7, 11) is 2.77. The molecule has 0 bridgehead atoms. The molecule has 1 saturated heterocycles. The lowest BCUT2D eigenvalue weighted by Crippen LogP contribution is -2.52. The number of hydrogen-bond donors (Lipinski definition) is 1. The second-order valence-electron chi connectivity index (χ2n) is 5.80. The normalized spacial score (nSPS) is 22.7. The number of hydrogen-bond acceptors (Lipinski definition) is 6. The smallest absolute Gasteiger partial charge is 0.332 e. The number of ether oxygens (including phenoxy) is 1. The number of morpholine rings is 1. The highest BCUT2D eigenvalue weighted by molar-refractivity contribution is 6.01. The Bertz CT molecular complexity index is 696. The fourth-order valence-corrected chi connectivity index (χ4v) is 2.71. The maximum atomic E-state index is 12.6. The van der Waals surface area contributed by atoms with Crippen molar-refractivity contribution >= 4 is 11.6 Å². The number of nitrogens with two attached hydrogens (primary N) is 1. The minimum Gasteiger partial charge on any atom is -0.384 e. The molecule has 0 spiro atoms. The summed E-state index contributed by atoms with van der Waals surface area (Å²) in [4.78, 5) is 38.6. The van der Waals surface area contributed by atoms with E-state index in [-0.39, 0.29) is 35.8 Å². The average molecular weight is 310 g/mol. The van der Waals surface area contributed by atoms with Gasteiger partial charge in [-0.25, -0.2) is 4.79 Å². The molecule has 2 heterocycles. The van der Waals surface area contributed by atoms with Crippen LogP contribution >= 0.6 is 0 Å². The minimum atomic E-state index is -0.654. The topological polar surface area (TPSA) is 99.6 Å². The molecule has 2 rings (SSSR count). The van der Waals surface area contributed by atoms with E-state index in [4.69, 9.17) is 10.5 Å². The van der Waals surface area contributed by atoms with Gasteiger partial charge < -0.3 is 10.5 Å². The van der Waals surface area contributed by atoms with Crippen molar-refractivity contribution in [2.75, 3.05) is 25.5 Å². The number of ketones is 1. The third-order valence-corrected chi connectivity index (χ3v) is 4.17. The number of nitrogens with zero attached hydrogens (tertiary/aromatic N) is 3. The van der Waals surface area contributed by atoms with Gasteiger partial charge in [-0.15, -0.1) is 0 Å². The SMILES string of the molecule is C[C@H]1COC[C@H](C)N1CC(=O)c1c(N)n(C)c(=O)n(C)c1=O. The first-order valence-corrected chi connectivity index (χ1v) is 7.17. The number of carbonyl (C=O) groups is 1. The lowest BCUT2D eigenvalue weighted by Gasteiger charge is -2.38. The van der Waals surface area contributed by atoms with Crippen molar-refractivity contribution in [3.8, 4) is 0 Å². The van der Waals surface area contributed by atoms with Gasteiger partial charge >= 0.3 is 5.69 Å². The predicted molar refractivity (Wildman–Crippen MR) is 82.1 cm³/mol. The zero-order valence-electron chi connectivity index (χ0n) is 13.3. The number of Topliss-reactive ketones (excluding diaryl/α,β-unsaturated/α-hetero) is 1. The molecule has 0 radical (unpaired) electrons. The van der Waals surface area contributed by atoms with Crippen molar-refractivity contribution < 1.29 is 9.53 Å². The number of carbonyl (C=O) groups excluding carboxylic acids is 1. The van der Waals surface area contributed by atoms with Crippen molar-refractivity contribution in [1.29, 1.82) is 0 Å². The Morgan fingerprint density at radius 2 is 1.73 bits per heavy atom. The first-order valence-electron chi connectivity index (χ1n) is 7.17. The number of nitrogen functional groups attached to an aromatic ring is 1. The lowest BCUT2D eigenvalue weighted by molar-refractivity contribution is -0.0327. The summed E-state index contributed by atoms with van der Waals surface area (Å²) < 4.78 is 7.43. The highest BCUT2D eigenvalue weighted by Gasteiger charge is 2.29. The van der Waals surface area contributed by atoms with Crippen LogP contribution in [0.1, 0.15) is 24.2 Å². The molecule has 122 valence electrons. The van der Waals surface area contributed by atoms with E-state index >= 15 is 0 Å². The van der Waals surface area contributed by atoms with Gasteiger partial charge in [0.25, 0.3) is 5.56 Å². The fraction of sp³-hybridized carbons (Fsp3) is 0.643. The van der Waals surface area contributed by atoms with Crippen LogP contribution < -0.4 is 17.0 Å². The summed E-state index contributed by atoms with van der Waals surface area (Å²) in [5, 5.41) is 0. The van der Waals surface area contributed by atoms with Gasteiger partial charge in [0.05, 0.1) is 19.8 Å². The van der Waals surface area contributed by atoms with Crippen LogP contribution in [0.4, 0.5) is 5.82 Å². The maximum absolute atomic E-state index is 12.6. The van der Waals surface area contributed by atoms with E-state index < -0.39 is 11.2 Å². The monoisotopic (exact) mass is 310 g/mol. The van der Waals surface area contributed by atoms with Crippen LogP contribution in [0.25, 0.3) is 0 Å². The molecule has 2 N–H and O–H groups in total.